The van der Waals surface area contributed by atoms with Crippen molar-refractivity contribution in [1.82, 2.24) is 20.3 Å². The average molecular weight is 399 g/mol. The fourth-order valence-electron chi connectivity index (χ4n) is 3.17. The number of carbonyl (C=O) groups excluding carboxylic acids is 1. The van der Waals surface area contributed by atoms with E-state index >= 15 is 0 Å². The Hall–Kier alpha value is -2.62. The third-order valence-corrected chi connectivity index (χ3v) is 5.60. The van der Waals surface area contributed by atoms with Gasteiger partial charge in [0.15, 0.2) is 5.69 Å². The Morgan fingerprint density at radius 2 is 2.25 bits per heavy atom. The molecular weight excluding hydrogens is 378 g/mol. The Balaban J connectivity index is 1.61. The molecule has 0 saturated heterocycles. The van der Waals surface area contributed by atoms with Crippen LogP contribution in [0.4, 0.5) is 5.95 Å². The molecule has 1 unspecified atom stereocenters. The van der Waals surface area contributed by atoms with Crippen LogP contribution in [0.2, 0.25) is 0 Å². The Kier molecular flexibility index (Phi) is 5.47. The highest BCUT2D eigenvalue weighted by Gasteiger charge is 2.30. The van der Waals surface area contributed by atoms with Crippen LogP contribution < -0.4 is 10.6 Å². The normalized spacial score (nSPS) is 19.8. The number of hydrogen-bond acceptors (Lipinski definition) is 8. The van der Waals surface area contributed by atoms with Crippen molar-refractivity contribution in [1.29, 1.82) is 0 Å². The molecule has 28 heavy (non-hydrogen) atoms. The van der Waals surface area contributed by atoms with Crippen molar-refractivity contribution in [3.8, 4) is 0 Å². The molecule has 3 N–H and O–H groups in total. The lowest BCUT2D eigenvalue weighted by atomic mass is 9.89. The van der Waals surface area contributed by atoms with Gasteiger partial charge in [0.05, 0.1) is 29.0 Å². The first-order valence-corrected chi connectivity index (χ1v) is 9.91. The smallest absolute Gasteiger partial charge is 0.271 e. The number of carbonyl (C=O) groups is 1. The highest BCUT2D eigenvalue weighted by Crippen LogP contribution is 2.26. The average Bonchev–Trinajstić information content (AvgIpc) is 3.15. The van der Waals surface area contributed by atoms with Crippen LogP contribution in [-0.2, 0) is 4.74 Å². The Morgan fingerprint density at radius 3 is 2.96 bits per heavy atom. The summed E-state index contributed by atoms with van der Waals surface area (Å²) in [5.74, 6) is 0.107. The second kappa shape index (κ2) is 8.17. The van der Waals surface area contributed by atoms with E-state index in [4.69, 9.17) is 4.74 Å². The van der Waals surface area contributed by atoms with Gasteiger partial charge in [0.1, 0.15) is 0 Å². The number of rotatable bonds is 7. The van der Waals surface area contributed by atoms with E-state index in [9.17, 15) is 9.90 Å². The number of hydrogen-bond donors (Lipinski definition) is 3. The minimum atomic E-state index is -0.330. The van der Waals surface area contributed by atoms with Crippen LogP contribution in [0.25, 0.3) is 10.2 Å². The summed E-state index contributed by atoms with van der Waals surface area (Å²) in [4.78, 5) is 25.9. The van der Waals surface area contributed by atoms with Gasteiger partial charge < -0.3 is 20.5 Å². The molecule has 4 rings (SSSR count). The molecule has 0 bridgehead atoms. The van der Waals surface area contributed by atoms with E-state index in [0.29, 0.717) is 36.6 Å². The molecule has 146 valence electrons. The summed E-state index contributed by atoms with van der Waals surface area (Å²) in [6.45, 7) is 0.401. The molecule has 0 aromatic carbocycles. The van der Waals surface area contributed by atoms with Gasteiger partial charge in [-0.15, -0.1) is 11.3 Å². The molecule has 1 aliphatic rings. The molecule has 1 fully saturated rings. The second-order valence-corrected chi connectivity index (χ2v) is 7.68. The van der Waals surface area contributed by atoms with Crippen LogP contribution in [0.3, 0.4) is 0 Å². The predicted octanol–water partition coefficient (Wildman–Crippen LogP) is 2.14. The fraction of sp³-hybridized carbons (Fsp3) is 0.368. The quantitative estimate of drug-likeness (QED) is 0.558. The summed E-state index contributed by atoms with van der Waals surface area (Å²) >= 11 is 1.43. The van der Waals surface area contributed by atoms with Crippen molar-refractivity contribution in [3.05, 3.63) is 47.2 Å². The zero-order valence-corrected chi connectivity index (χ0v) is 16.1. The number of pyridine rings is 1. The minimum Gasteiger partial charge on any atom is -0.393 e. The number of anilines is 1. The van der Waals surface area contributed by atoms with Crippen molar-refractivity contribution in [2.24, 2.45) is 0 Å². The molecule has 9 heteroatoms. The lowest BCUT2D eigenvalue weighted by molar-refractivity contribution is 0.0561. The Bertz CT molecular complexity index is 959. The van der Waals surface area contributed by atoms with Crippen LogP contribution in [0, 0.1) is 0 Å². The van der Waals surface area contributed by atoms with Gasteiger partial charge >= 0.3 is 0 Å². The standard InChI is InChI=1S/C19H21N5O3S/c1-27-10-15(11-3-2-5-20-9-11)23-19-22-14-4-6-28-17(14)16(24-19)18(26)21-12-7-13(25)8-12/h2-6,9,12-13,15,25H,7-8,10H2,1H3,(H,21,26)(H,22,23,24). The number of thiophene rings is 1. The van der Waals surface area contributed by atoms with Crippen molar-refractivity contribution in [2.45, 2.75) is 31.0 Å². The van der Waals surface area contributed by atoms with Crippen LogP contribution in [0.15, 0.2) is 36.0 Å². The highest BCUT2D eigenvalue weighted by molar-refractivity contribution is 7.17. The summed E-state index contributed by atoms with van der Waals surface area (Å²) in [5.41, 5.74) is 1.99. The van der Waals surface area contributed by atoms with E-state index in [1.54, 1.807) is 19.5 Å². The van der Waals surface area contributed by atoms with E-state index in [2.05, 4.69) is 25.6 Å². The topological polar surface area (TPSA) is 109 Å². The second-order valence-electron chi connectivity index (χ2n) is 6.77. The van der Waals surface area contributed by atoms with Crippen molar-refractivity contribution in [2.75, 3.05) is 19.0 Å². The van der Waals surface area contributed by atoms with E-state index in [-0.39, 0.29) is 24.1 Å². The highest BCUT2D eigenvalue weighted by atomic mass is 32.1. The molecule has 1 atom stereocenters. The number of aliphatic hydroxyl groups excluding tert-OH is 1. The number of nitrogens with zero attached hydrogens (tertiary/aromatic N) is 3. The minimum absolute atomic E-state index is 0.0134. The van der Waals surface area contributed by atoms with E-state index in [1.807, 2.05) is 23.6 Å². The molecule has 0 spiro atoms. The van der Waals surface area contributed by atoms with E-state index in [1.165, 1.54) is 11.3 Å². The largest absolute Gasteiger partial charge is 0.393 e. The molecule has 0 radical (unpaired) electrons. The van der Waals surface area contributed by atoms with Gasteiger partial charge in [-0.1, -0.05) is 6.07 Å². The van der Waals surface area contributed by atoms with Crippen molar-refractivity contribution >= 4 is 33.4 Å². The monoisotopic (exact) mass is 399 g/mol. The Morgan fingerprint density at radius 1 is 1.39 bits per heavy atom. The molecule has 3 heterocycles. The number of aromatic nitrogens is 3. The molecule has 8 nitrogen and oxygen atoms in total. The van der Waals surface area contributed by atoms with Gasteiger partial charge in [-0.25, -0.2) is 9.97 Å². The van der Waals surface area contributed by atoms with Crippen LogP contribution >= 0.6 is 11.3 Å². The number of nitrogens with one attached hydrogen (secondary N) is 2. The lowest BCUT2D eigenvalue weighted by Crippen LogP contribution is -2.47. The Labute approximate surface area is 166 Å². The van der Waals surface area contributed by atoms with Crippen molar-refractivity contribution in [3.63, 3.8) is 0 Å². The van der Waals surface area contributed by atoms with Gasteiger partial charge in [0.2, 0.25) is 5.95 Å². The molecule has 0 aliphatic heterocycles. The summed E-state index contributed by atoms with van der Waals surface area (Å²) < 4.78 is 6.06. The summed E-state index contributed by atoms with van der Waals surface area (Å²) in [5, 5.41) is 17.5. The van der Waals surface area contributed by atoms with E-state index < -0.39 is 0 Å². The number of methoxy groups -OCH3 is 1. The molecular formula is C19H21N5O3S. The maximum atomic E-state index is 12.8. The summed E-state index contributed by atoms with van der Waals surface area (Å²) in [7, 11) is 1.62. The third-order valence-electron chi connectivity index (χ3n) is 4.69. The van der Waals surface area contributed by atoms with E-state index in [0.717, 1.165) is 10.3 Å². The zero-order valence-electron chi connectivity index (χ0n) is 15.3. The van der Waals surface area contributed by atoms with Gasteiger partial charge in [-0.05, 0) is 35.9 Å². The SMILES string of the molecule is COCC(Nc1nc(C(=O)NC2CC(O)C2)c2sccc2n1)c1cccnc1. The lowest BCUT2D eigenvalue weighted by Gasteiger charge is -2.31. The first-order chi connectivity index (χ1) is 13.6. The maximum absolute atomic E-state index is 12.8. The van der Waals surface area contributed by atoms with Crippen molar-refractivity contribution < 1.29 is 14.6 Å². The third kappa shape index (κ3) is 3.96. The maximum Gasteiger partial charge on any atom is 0.271 e. The number of aliphatic hydroxyl groups is 1. The number of amides is 1. The number of ether oxygens (including phenoxy) is 1. The van der Waals surface area contributed by atoms with Gasteiger partial charge in [0.25, 0.3) is 5.91 Å². The fourth-order valence-corrected chi connectivity index (χ4v) is 3.98. The first kappa shape index (κ1) is 18.7. The zero-order chi connectivity index (χ0) is 19.5. The molecule has 1 saturated carbocycles. The number of fused-ring (bicyclic) bond motifs is 1. The molecule has 3 aromatic heterocycles. The molecule has 3 aromatic rings. The molecule has 1 aliphatic carbocycles. The van der Waals surface area contributed by atoms with Gasteiger partial charge in [-0.2, -0.15) is 0 Å². The van der Waals surface area contributed by atoms with Crippen LogP contribution in [0.1, 0.15) is 34.9 Å². The van der Waals surface area contributed by atoms with Crippen LogP contribution in [-0.4, -0.2) is 51.8 Å². The first-order valence-electron chi connectivity index (χ1n) is 9.03. The summed E-state index contributed by atoms with van der Waals surface area (Å²) in [6.07, 6.45) is 4.29. The molecule has 1 amide bonds. The van der Waals surface area contributed by atoms with Crippen LogP contribution in [0.5, 0.6) is 0 Å². The van der Waals surface area contributed by atoms with Gasteiger partial charge in [-0.3, -0.25) is 9.78 Å². The summed E-state index contributed by atoms with van der Waals surface area (Å²) in [6, 6.07) is 5.45. The predicted molar refractivity (Wildman–Crippen MR) is 106 cm³/mol. The van der Waals surface area contributed by atoms with Gasteiger partial charge in [0, 0.05) is 25.5 Å².